The van der Waals surface area contributed by atoms with Crippen LogP contribution >= 0.6 is 12.4 Å². The van der Waals surface area contributed by atoms with E-state index in [9.17, 15) is 4.79 Å². The van der Waals surface area contributed by atoms with Crippen LogP contribution in [0.15, 0.2) is 24.3 Å². The number of carbonyl (C=O) groups is 1. The zero-order valence-electron chi connectivity index (χ0n) is 10.1. The Morgan fingerprint density at radius 2 is 2.28 bits per heavy atom. The zero-order valence-corrected chi connectivity index (χ0v) is 10.9. The van der Waals surface area contributed by atoms with Gasteiger partial charge in [0, 0.05) is 6.04 Å². The fourth-order valence-corrected chi connectivity index (χ4v) is 1.13. The highest BCUT2D eigenvalue weighted by molar-refractivity contribution is 5.89. The van der Waals surface area contributed by atoms with Crippen LogP contribution in [0.2, 0.25) is 0 Å². The summed E-state index contributed by atoms with van der Waals surface area (Å²) in [7, 11) is 0. The van der Waals surface area contributed by atoms with E-state index in [1.807, 2.05) is 6.92 Å². The van der Waals surface area contributed by atoms with Crippen LogP contribution < -0.4 is 10.5 Å². The van der Waals surface area contributed by atoms with Crippen LogP contribution in [0.25, 0.3) is 0 Å². The van der Waals surface area contributed by atoms with Crippen LogP contribution in [0, 0.1) is 12.3 Å². The highest BCUT2D eigenvalue weighted by atomic mass is 35.5. The van der Waals surface area contributed by atoms with E-state index in [0.29, 0.717) is 17.9 Å². The van der Waals surface area contributed by atoms with Gasteiger partial charge in [-0.25, -0.2) is 4.79 Å². The Morgan fingerprint density at radius 3 is 2.89 bits per heavy atom. The van der Waals surface area contributed by atoms with Gasteiger partial charge >= 0.3 is 5.97 Å². The summed E-state index contributed by atoms with van der Waals surface area (Å²) in [5.41, 5.74) is 5.97. The SMILES string of the molecule is C#CCOC(=O)c1cccc(OCC(C)N)c1.Cl. The van der Waals surface area contributed by atoms with Crippen molar-refractivity contribution in [3.63, 3.8) is 0 Å². The second-order valence-electron chi connectivity index (χ2n) is 3.60. The molecule has 1 atom stereocenters. The highest BCUT2D eigenvalue weighted by Crippen LogP contribution is 2.14. The van der Waals surface area contributed by atoms with E-state index in [0.717, 1.165) is 0 Å². The Labute approximate surface area is 113 Å². The maximum absolute atomic E-state index is 11.5. The van der Waals surface area contributed by atoms with Gasteiger partial charge in [0.05, 0.1) is 5.56 Å². The predicted octanol–water partition coefficient (Wildman–Crippen LogP) is 1.62. The molecule has 0 aliphatic carbocycles. The molecule has 0 spiro atoms. The number of nitrogens with two attached hydrogens (primary N) is 1. The summed E-state index contributed by atoms with van der Waals surface area (Å²) >= 11 is 0. The van der Waals surface area contributed by atoms with E-state index in [1.165, 1.54) is 0 Å². The quantitative estimate of drug-likeness (QED) is 0.652. The number of hydrogen-bond donors (Lipinski definition) is 1. The molecule has 1 aromatic rings. The molecule has 0 bridgehead atoms. The van der Waals surface area contributed by atoms with Crippen molar-refractivity contribution in [3.05, 3.63) is 29.8 Å². The van der Waals surface area contributed by atoms with E-state index < -0.39 is 5.97 Å². The van der Waals surface area contributed by atoms with Crippen molar-refractivity contribution in [2.24, 2.45) is 5.73 Å². The van der Waals surface area contributed by atoms with E-state index >= 15 is 0 Å². The lowest BCUT2D eigenvalue weighted by atomic mass is 10.2. The van der Waals surface area contributed by atoms with Gasteiger partial charge in [-0.15, -0.1) is 18.8 Å². The summed E-state index contributed by atoms with van der Waals surface area (Å²) < 4.78 is 10.2. The normalized spacial score (nSPS) is 10.7. The monoisotopic (exact) mass is 269 g/mol. The lowest BCUT2D eigenvalue weighted by Crippen LogP contribution is -2.23. The van der Waals surface area contributed by atoms with Crippen molar-refractivity contribution < 1.29 is 14.3 Å². The molecule has 0 saturated heterocycles. The Kier molecular flexibility index (Phi) is 7.61. The molecular formula is C13H16ClNO3. The van der Waals surface area contributed by atoms with Crippen LogP contribution in [0.4, 0.5) is 0 Å². The first-order valence-corrected chi connectivity index (χ1v) is 5.22. The van der Waals surface area contributed by atoms with Crippen molar-refractivity contribution in [2.75, 3.05) is 13.2 Å². The minimum absolute atomic E-state index is 0. The molecule has 98 valence electrons. The van der Waals surface area contributed by atoms with Crippen molar-refractivity contribution in [2.45, 2.75) is 13.0 Å². The van der Waals surface area contributed by atoms with Crippen molar-refractivity contribution in [1.29, 1.82) is 0 Å². The standard InChI is InChI=1S/C13H15NO3.ClH/c1-3-7-16-13(15)11-5-4-6-12(8-11)17-9-10(2)14;/h1,4-6,8,10H,7,9,14H2,2H3;1H. The Bertz CT molecular complexity index is 426. The molecule has 1 aromatic carbocycles. The van der Waals surface area contributed by atoms with E-state index in [1.54, 1.807) is 24.3 Å². The van der Waals surface area contributed by atoms with Gasteiger partial charge < -0.3 is 15.2 Å². The Morgan fingerprint density at radius 1 is 1.56 bits per heavy atom. The fourth-order valence-electron chi connectivity index (χ4n) is 1.13. The largest absolute Gasteiger partial charge is 0.492 e. The molecule has 0 heterocycles. The second kappa shape index (κ2) is 8.40. The topological polar surface area (TPSA) is 61.5 Å². The molecule has 0 aromatic heterocycles. The number of halogens is 1. The number of terminal acetylenes is 1. The molecule has 18 heavy (non-hydrogen) atoms. The van der Waals surface area contributed by atoms with Crippen LogP contribution in [0.5, 0.6) is 5.75 Å². The van der Waals surface area contributed by atoms with Crippen molar-refractivity contribution in [3.8, 4) is 18.1 Å². The minimum atomic E-state index is -0.464. The number of ether oxygens (including phenoxy) is 2. The average molecular weight is 270 g/mol. The molecule has 0 aliphatic heterocycles. The van der Waals surface area contributed by atoms with Gasteiger partial charge in [-0.1, -0.05) is 12.0 Å². The Balaban J connectivity index is 0.00000289. The average Bonchev–Trinajstić information content (AvgIpc) is 2.33. The molecule has 1 rings (SSSR count). The fraction of sp³-hybridized carbons (Fsp3) is 0.308. The van der Waals surface area contributed by atoms with Gasteiger partial charge in [0.2, 0.25) is 0 Å². The van der Waals surface area contributed by atoms with E-state index in [4.69, 9.17) is 21.6 Å². The number of esters is 1. The van der Waals surface area contributed by atoms with Gasteiger partial charge in [0.1, 0.15) is 12.4 Å². The van der Waals surface area contributed by atoms with Crippen LogP contribution in [-0.4, -0.2) is 25.2 Å². The molecule has 4 nitrogen and oxygen atoms in total. The maximum Gasteiger partial charge on any atom is 0.339 e. The zero-order chi connectivity index (χ0) is 12.7. The lowest BCUT2D eigenvalue weighted by Gasteiger charge is -2.09. The number of carbonyl (C=O) groups excluding carboxylic acids is 1. The third-order valence-corrected chi connectivity index (χ3v) is 1.87. The molecule has 5 heteroatoms. The summed E-state index contributed by atoms with van der Waals surface area (Å²) in [4.78, 5) is 11.5. The summed E-state index contributed by atoms with van der Waals surface area (Å²) in [6.45, 7) is 2.19. The molecular weight excluding hydrogens is 254 g/mol. The van der Waals surface area contributed by atoms with Gasteiger partial charge in [0.25, 0.3) is 0 Å². The number of hydrogen-bond acceptors (Lipinski definition) is 4. The number of benzene rings is 1. The third kappa shape index (κ3) is 5.58. The first kappa shape index (κ1) is 16.3. The lowest BCUT2D eigenvalue weighted by molar-refractivity contribution is 0.0556. The molecule has 1 unspecified atom stereocenters. The molecule has 0 saturated carbocycles. The van der Waals surface area contributed by atoms with E-state index in [-0.39, 0.29) is 25.1 Å². The maximum atomic E-state index is 11.5. The summed E-state index contributed by atoms with van der Waals surface area (Å²) in [6.07, 6.45) is 5.00. The molecule has 2 N–H and O–H groups in total. The third-order valence-electron chi connectivity index (χ3n) is 1.87. The first-order chi connectivity index (χ1) is 8.13. The first-order valence-electron chi connectivity index (χ1n) is 5.22. The van der Waals surface area contributed by atoms with Crippen LogP contribution in [0.3, 0.4) is 0 Å². The summed E-state index contributed by atoms with van der Waals surface area (Å²) in [6, 6.07) is 6.63. The molecule has 0 amide bonds. The predicted molar refractivity (Wildman–Crippen MR) is 71.9 cm³/mol. The van der Waals surface area contributed by atoms with Gasteiger partial charge in [-0.3, -0.25) is 0 Å². The minimum Gasteiger partial charge on any atom is -0.492 e. The van der Waals surface area contributed by atoms with Crippen LogP contribution in [-0.2, 0) is 4.74 Å². The highest BCUT2D eigenvalue weighted by Gasteiger charge is 2.07. The van der Waals surface area contributed by atoms with Gasteiger partial charge in [-0.05, 0) is 25.1 Å². The molecule has 0 radical (unpaired) electrons. The number of rotatable bonds is 5. The van der Waals surface area contributed by atoms with Crippen molar-refractivity contribution >= 4 is 18.4 Å². The van der Waals surface area contributed by atoms with Crippen LogP contribution in [0.1, 0.15) is 17.3 Å². The van der Waals surface area contributed by atoms with E-state index in [2.05, 4.69) is 5.92 Å². The molecule has 0 fully saturated rings. The summed E-state index contributed by atoms with van der Waals surface area (Å²) in [5, 5.41) is 0. The van der Waals surface area contributed by atoms with Gasteiger partial charge in [0.15, 0.2) is 6.61 Å². The molecule has 0 aliphatic rings. The Hall–Kier alpha value is -1.70. The second-order valence-corrected chi connectivity index (χ2v) is 3.60. The smallest absolute Gasteiger partial charge is 0.339 e. The van der Waals surface area contributed by atoms with Crippen molar-refractivity contribution in [1.82, 2.24) is 0 Å². The van der Waals surface area contributed by atoms with Gasteiger partial charge in [-0.2, -0.15) is 0 Å². The summed E-state index contributed by atoms with van der Waals surface area (Å²) in [5.74, 6) is 2.35.